The number of rotatable bonds is 7. The zero-order valence-corrected chi connectivity index (χ0v) is 19.5. The van der Waals surface area contributed by atoms with Crippen LogP contribution in [0.5, 0.6) is 11.5 Å². The third-order valence-electron chi connectivity index (χ3n) is 6.01. The summed E-state index contributed by atoms with van der Waals surface area (Å²) in [5.74, 6) is 2.11. The van der Waals surface area contributed by atoms with Crippen molar-refractivity contribution in [2.24, 2.45) is 0 Å². The number of benzene rings is 2. The number of amides is 2. The molecule has 2 aromatic carbocycles. The van der Waals surface area contributed by atoms with E-state index in [-0.39, 0.29) is 6.03 Å². The molecule has 4 rings (SSSR count). The number of methoxy groups -OCH3 is 2. The number of aryl methyl sites for hydroxylation is 1. The van der Waals surface area contributed by atoms with Crippen LogP contribution in [-0.4, -0.2) is 61.3 Å². The van der Waals surface area contributed by atoms with Crippen LogP contribution in [-0.2, 0) is 6.42 Å². The van der Waals surface area contributed by atoms with Gasteiger partial charge in [0.05, 0.1) is 19.7 Å². The highest BCUT2D eigenvalue weighted by atomic mass is 16.5. The average molecular weight is 450 g/mol. The van der Waals surface area contributed by atoms with Crippen LogP contribution in [0.15, 0.2) is 42.7 Å². The van der Waals surface area contributed by atoms with Crippen molar-refractivity contribution in [1.29, 1.82) is 0 Å². The molecular formula is C25H31N5O3. The molecule has 2 heterocycles. The normalized spacial score (nSPS) is 13.8. The molecular weight excluding hydrogens is 418 g/mol. The number of carbonyl (C=O) groups is 1. The number of ether oxygens (including phenoxy) is 2. The molecule has 33 heavy (non-hydrogen) atoms. The molecule has 8 heteroatoms. The predicted octanol–water partition coefficient (Wildman–Crippen LogP) is 4.34. The SMILES string of the molecule is CCCCc1ccc(NC(=O)N2CCN(c3ncnc4cc(OC)c(OC)cc34)CC2)cc1. The lowest BCUT2D eigenvalue weighted by Crippen LogP contribution is -2.50. The maximum absolute atomic E-state index is 12.8. The second-order valence-electron chi connectivity index (χ2n) is 8.13. The lowest BCUT2D eigenvalue weighted by atomic mass is 10.1. The highest BCUT2D eigenvalue weighted by Gasteiger charge is 2.24. The number of hydrogen-bond donors (Lipinski definition) is 1. The fourth-order valence-electron chi connectivity index (χ4n) is 4.08. The van der Waals surface area contributed by atoms with Crippen LogP contribution in [0.25, 0.3) is 10.9 Å². The largest absolute Gasteiger partial charge is 0.493 e. The second-order valence-corrected chi connectivity index (χ2v) is 8.13. The van der Waals surface area contributed by atoms with Crippen molar-refractivity contribution in [3.05, 3.63) is 48.3 Å². The second kappa shape index (κ2) is 10.4. The number of nitrogens with zero attached hydrogens (tertiary/aromatic N) is 4. The van der Waals surface area contributed by atoms with Gasteiger partial charge in [0.15, 0.2) is 11.5 Å². The highest BCUT2D eigenvalue weighted by Crippen LogP contribution is 2.34. The summed E-state index contributed by atoms with van der Waals surface area (Å²) in [4.78, 5) is 25.7. The zero-order chi connectivity index (χ0) is 23.2. The number of carbonyl (C=O) groups excluding carboxylic acids is 1. The summed E-state index contributed by atoms with van der Waals surface area (Å²) >= 11 is 0. The Hall–Kier alpha value is -3.55. The van der Waals surface area contributed by atoms with E-state index in [1.165, 1.54) is 18.4 Å². The van der Waals surface area contributed by atoms with Crippen molar-refractivity contribution in [1.82, 2.24) is 14.9 Å². The van der Waals surface area contributed by atoms with Gasteiger partial charge in [0, 0.05) is 43.3 Å². The Morgan fingerprint density at radius 2 is 1.70 bits per heavy atom. The van der Waals surface area contributed by atoms with E-state index in [1.54, 1.807) is 20.5 Å². The van der Waals surface area contributed by atoms with Crippen molar-refractivity contribution in [2.45, 2.75) is 26.2 Å². The van der Waals surface area contributed by atoms with Gasteiger partial charge in [-0.25, -0.2) is 14.8 Å². The molecule has 1 saturated heterocycles. The number of aromatic nitrogens is 2. The van der Waals surface area contributed by atoms with Crippen molar-refractivity contribution in [3.63, 3.8) is 0 Å². The van der Waals surface area contributed by atoms with Crippen molar-refractivity contribution >= 4 is 28.4 Å². The fraction of sp³-hybridized carbons (Fsp3) is 0.400. The summed E-state index contributed by atoms with van der Waals surface area (Å²) in [5, 5.41) is 3.92. The van der Waals surface area contributed by atoms with Gasteiger partial charge in [-0.15, -0.1) is 0 Å². The molecule has 0 saturated carbocycles. The zero-order valence-electron chi connectivity index (χ0n) is 19.5. The van der Waals surface area contributed by atoms with Gasteiger partial charge < -0.3 is 24.6 Å². The van der Waals surface area contributed by atoms with Crippen LogP contribution >= 0.6 is 0 Å². The number of hydrogen-bond acceptors (Lipinski definition) is 6. The van der Waals surface area contributed by atoms with Crippen LogP contribution in [0.1, 0.15) is 25.3 Å². The highest BCUT2D eigenvalue weighted by molar-refractivity contribution is 5.92. The topological polar surface area (TPSA) is 79.8 Å². The summed E-state index contributed by atoms with van der Waals surface area (Å²) in [6, 6.07) is 11.8. The molecule has 1 fully saturated rings. The predicted molar refractivity (Wildman–Crippen MR) is 131 cm³/mol. The first-order valence-electron chi connectivity index (χ1n) is 11.4. The molecule has 0 atom stereocenters. The number of nitrogens with one attached hydrogen (secondary N) is 1. The van der Waals surface area contributed by atoms with Crippen LogP contribution in [0.3, 0.4) is 0 Å². The van der Waals surface area contributed by atoms with Crippen molar-refractivity contribution in [3.8, 4) is 11.5 Å². The molecule has 1 aromatic heterocycles. The Morgan fingerprint density at radius 1 is 1.00 bits per heavy atom. The van der Waals surface area contributed by atoms with Gasteiger partial charge in [0.25, 0.3) is 0 Å². The quantitative estimate of drug-likeness (QED) is 0.578. The molecule has 0 aliphatic carbocycles. The minimum Gasteiger partial charge on any atom is -0.493 e. The molecule has 1 N–H and O–H groups in total. The summed E-state index contributed by atoms with van der Waals surface area (Å²) in [7, 11) is 3.22. The molecule has 8 nitrogen and oxygen atoms in total. The number of urea groups is 1. The molecule has 3 aromatic rings. The Labute approximate surface area is 194 Å². The molecule has 0 bridgehead atoms. The molecule has 174 valence electrons. The molecule has 1 aliphatic heterocycles. The Morgan fingerprint density at radius 3 is 2.36 bits per heavy atom. The van der Waals surface area contributed by atoms with Crippen LogP contribution in [0, 0.1) is 0 Å². The van der Waals surface area contributed by atoms with Gasteiger partial charge in [0.1, 0.15) is 12.1 Å². The standard InChI is InChI=1S/C25H31N5O3/c1-4-5-6-18-7-9-19(10-8-18)28-25(31)30-13-11-29(12-14-30)24-20-15-22(32-2)23(33-3)16-21(20)26-17-27-24/h7-10,15-17H,4-6,11-14H2,1-3H3,(H,28,31). The Bertz CT molecular complexity index is 1100. The van der Waals surface area contributed by atoms with Crippen LogP contribution < -0.4 is 19.7 Å². The van der Waals surface area contributed by atoms with Gasteiger partial charge >= 0.3 is 6.03 Å². The summed E-state index contributed by atoms with van der Waals surface area (Å²) in [6.07, 6.45) is 4.99. The van der Waals surface area contributed by atoms with E-state index in [9.17, 15) is 4.79 Å². The minimum absolute atomic E-state index is 0.0742. The first-order chi connectivity index (χ1) is 16.1. The maximum atomic E-state index is 12.8. The van der Waals surface area contributed by atoms with Gasteiger partial charge in [-0.05, 0) is 36.6 Å². The summed E-state index contributed by atoms with van der Waals surface area (Å²) < 4.78 is 10.9. The summed E-state index contributed by atoms with van der Waals surface area (Å²) in [5.41, 5.74) is 2.92. The molecule has 0 radical (unpaired) electrons. The van der Waals surface area contributed by atoms with E-state index in [1.807, 2.05) is 29.2 Å². The van der Waals surface area contributed by atoms with Gasteiger partial charge in [-0.2, -0.15) is 0 Å². The number of fused-ring (bicyclic) bond motifs is 1. The van der Waals surface area contributed by atoms with Crippen LogP contribution in [0.4, 0.5) is 16.3 Å². The Kier molecular flexibility index (Phi) is 7.12. The van der Waals surface area contributed by atoms with E-state index in [0.29, 0.717) is 37.7 Å². The third-order valence-corrected chi connectivity index (χ3v) is 6.01. The lowest BCUT2D eigenvalue weighted by Gasteiger charge is -2.35. The van der Waals surface area contributed by atoms with E-state index in [4.69, 9.17) is 9.47 Å². The maximum Gasteiger partial charge on any atom is 0.321 e. The summed E-state index contributed by atoms with van der Waals surface area (Å²) in [6.45, 7) is 4.78. The monoisotopic (exact) mass is 449 g/mol. The van der Waals surface area contributed by atoms with E-state index in [0.717, 1.165) is 28.8 Å². The van der Waals surface area contributed by atoms with E-state index in [2.05, 4.69) is 39.2 Å². The number of unbranched alkanes of at least 4 members (excludes halogenated alkanes) is 1. The third kappa shape index (κ3) is 5.10. The van der Waals surface area contributed by atoms with Gasteiger partial charge in [-0.3, -0.25) is 0 Å². The van der Waals surface area contributed by atoms with E-state index >= 15 is 0 Å². The minimum atomic E-state index is -0.0742. The Balaban J connectivity index is 1.40. The van der Waals surface area contributed by atoms with Gasteiger partial charge in [0.2, 0.25) is 0 Å². The van der Waals surface area contributed by atoms with Crippen LogP contribution in [0.2, 0.25) is 0 Å². The lowest BCUT2D eigenvalue weighted by molar-refractivity contribution is 0.208. The number of piperazine rings is 1. The molecule has 0 unspecified atom stereocenters. The molecule has 0 spiro atoms. The average Bonchev–Trinajstić information content (AvgIpc) is 2.87. The van der Waals surface area contributed by atoms with Crippen molar-refractivity contribution < 1.29 is 14.3 Å². The number of anilines is 2. The first kappa shape index (κ1) is 22.6. The van der Waals surface area contributed by atoms with Crippen molar-refractivity contribution in [2.75, 3.05) is 50.6 Å². The molecule has 1 aliphatic rings. The smallest absolute Gasteiger partial charge is 0.321 e. The van der Waals surface area contributed by atoms with Gasteiger partial charge in [-0.1, -0.05) is 25.5 Å². The fourth-order valence-corrected chi connectivity index (χ4v) is 4.08. The first-order valence-corrected chi connectivity index (χ1v) is 11.4. The molecule has 2 amide bonds. The van der Waals surface area contributed by atoms with E-state index < -0.39 is 0 Å².